The van der Waals surface area contributed by atoms with Gasteiger partial charge in [0.15, 0.2) is 0 Å². The summed E-state index contributed by atoms with van der Waals surface area (Å²) in [6.45, 7) is 2.29. The largest absolute Gasteiger partial charge is 0.376 e. The molecule has 0 aromatic heterocycles. The van der Waals surface area contributed by atoms with Crippen molar-refractivity contribution >= 4 is 0 Å². The van der Waals surface area contributed by atoms with E-state index < -0.39 is 0 Å². The van der Waals surface area contributed by atoms with E-state index in [1.165, 1.54) is 31.2 Å². The van der Waals surface area contributed by atoms with Crippen molar-refractivity contribution in [3.05, 3.63) is 35.9 Å². The van der Waals surface area contributed by atoms with E-state index in [1.807, 2.05) is 6.07 Å². The second-order valence-electron chi connectivity index (χ2n) is 5.04. The van der Waals surface area contributed by atoms with Crippen LogP contribution in [0.4, 0.5) is 0 Å². The van der Waals surface area contributed by atoms with Crippen molar-refractivity contribution in [3.8, 4) is 0 Å². The van der Waals surface area contributed by atoms with Crippen LogP contribution in [0.15, 0.2) is 30.3 Å². The van der Waals surface area contributed by atoms with Gasteiger partial charge in [0.1, 0.15) is 0 Å². The van der Waals surface area contributed by atoms with E-state index in [1.54, 1.807) is 0 Å². The summed E-state index contributed by atoms with van der Waals surface area (Å²) < 4.78 is 5.81. The van der Waals surface area contributed by atoms with Crippen molar-refractivity contribution in [1.29, 1.82) is 0 Å². The highest BCUT2D eigenvalue weighted by Gasteiger charge is 2.23. The quantitative estimate of drug-likeness (QED) is 0.820. The summed E-state index contributed by atoms with van der Waals surface area (Å²) in [6, 6.07) is 10.3. The zero-order chi connectivity index (χ0) is 11.9. The van der Waals surface area contributed by atoms with E-state index in [0.29, 0.717) is 12.5 Å². The maximum Gasteiger partial charge on any atom is 0.0717 e. The number of rotatable bonds is 6. The third-order valence-corrected chi connectivity index (χ3v) is 3.81. The fourth-order valence-electron chi connectivity index (χ4n) is 2.73. The molecule has 2 nitrogen and oxygen atoms in total. The fourth-order valence-corrected chi connectivity index (χ4v) is 2.73. The summed E-state index contributed by atoms with van der Waals surface area (Å²) in [5.74, 6) is 1.36. The first kappa shape index (κ1) is 12.6. The Kier molecular flexibility index (Phi) is 5.02. The monoisotopic (exact) mass is 233 g/mol. The summed E-state index contributed by atoms with van der Waals surface area (Å²) in [5, 5.41) is 0. The van der Waals surface area contributed by atoms with Gasteiger partial charge in [-0.25, -0.2) is 0 Å². The predicted octanol–water partition coefficient (Wildman–Crippen LogP) is 2.97. The van der Waals surface area contributed by atoms with Crippen molar-refractivity contribution < 1.29 is 4.74 Å². The minimum atomic E-state index is 0.557. The second-order valence-corrected chi connectivity index (χ2v) is 5.04. The van der Waals surface area contributed by atoms with Gasteiger partial charge in [0.2, 0.25) is 0 Å². The molecule has 0 heterocycles. The van der Waals surface area contributed by atoms with Crippen LogP contribution in [0.25, 0.3) is 0 Å². The van der Waals surface area contributed by atoms with Crippen LogP contribution in [0, 0.1) is 11.8 Å². The van der Waals surface area contributed by atoms with Crippen molar-refractivity contribution in [2.75, 3.05) is 13.2 Å². The molecule has 0 bridgehead atoms. The first-order valence-corrected chi connectivity index (χ1v) is 6.72. The lowest BCUT2D eigenvalue weighted by Crippen LogP contribution is -2.26. The molecule has 0 saturated heterocycles. The number of nitrogens with two attached hydrogens (primary N) is 1. The predicted molar refractivity (Wildman–Crippen MR) is 70.6 cm³/mol. The van der Waals surface area contributed by atoms with E-state index >= 15 is 0 Å². The van der Waals surface area contributed by atoms with Crippen LogP contribution in [0.5, 0.6) is 0 Å². The molecule has 0 aliphatic heterocycles. The Balaban J connectivity index is 1.72. The van der Waals surface area contributed by atoms with Crippen LogP contribution in [-0.2, 0) is 11.3 Å². The van der Waals surface area contributed by atoms with E-state index in [9.17, 15) is 0 Å². The zero-order valence-corrected chi connectivity index (χ0v) is 10.5. The normalized spacial score (nSPS) is 18.4. The Morgan fingerprint density at radius 3 is 2.53 bits per heavy atom. The molecule has 1 aliphatic rings. The molecular weight excluding hydrogens is 210 g/mol. The highest BCUT2D eigenvalue weighted by Crippen LogP contribution is 2.31. The summed E-state index contributed by atoms with van der Waals surface area (Å²) in [4.78, 5) is 0. The van der Waals surface area contributed by atoms with Gasteiger partial charge in [-0.15, -0.1) is 0 Å². The van der Waals surface area contributed by atoms with Crippen LogP contribution in [-0.4, -0.2) is 13.2 Å². The van der Waals surface area contributed by atoms with E-state index in [-0.39, 0.29) is 0 Å². The highest BCUT2D eigenvalue weighted by atomic mass is 16.5. The maximum atomic E-state index is 5.85. The van der Waals surface area contributed by atoms with E-state index in [2.05, 4.69) is 24.3 Å². The topological polar surface area (TPSA) is 35.2 Å². The molecule has 1 aromatic rings. The van der Waals surface area contributed by atoms with Gasteiger partial charge in [-0.2, -0.15) is 0 Å². The van der Waals surface area contributed by atoms with Gasteiger partial charge in [0.05, 0.1) is 13.2 Å². The van der Waals surface area contributed by atoms with Gasteiger partial charge >= 0.3 is 0 Å². The Morgan fingerprint density at radius 2 is 1.88 bits per heavy atom. The van der Waals surface area contributed by atoms with Gasteiger partial charge in [-0.1, -0.05) is 56.0 Å². The van der Waals surface area contributed by atoms with Crippen molar-refractivity contribution in [2.24, 2.45) is 17.6 Å². The Bertz CT molecular complexity index is 306. The summed E-state index contributed by atoms with van der Waals surface area (Å²) >= 11 is 0. The minimum Gasteiger partial charge on any atom is -0.376 e. The van der Waals surface area contributed by atoms with Gasteiger partial charge in [0, 0.05) is 0 Å². The average Bonchev–Trinajstić information content (AvgIpc) is 2.90. The fraction of sp³-hybridized carbons (Fsp3) is 0.600. The molecule has 1 atom stereocenters. The van der Waals surface area contributed by atoms with Gasteiger partial charge in [-0.3, -0.25) is 0 Å². The summed E-state index contributed by atoms with van der Waals surface area (Å²) in [6.07, 6.45) is 5.44. The number of benzene rings is 1. The molecule has 0 radical (unpaired) electrons. The average molecular weight is 233 g/mol. The minimum absolute atomic E-state index is 0.557. The molecule has 2 N–H and O–H groups in total. The lowest BCUT2D eigenvalue weighted by atomic mass is 9.92. The van der Waals surface area contributed by atoms with E-state index in [4.69, 9.17) is 10.5 Å². The number of hydrogen-bond donors (Lipinski definition) is 1. The molecule has 17 heavy (non-hydrogen) atoms. The van der Waals surface area contributed by atoms with Gasteiger partial charge in [-0.05, 0) is 23.9 Å². The third-order valence-electron chi connectivity index (χ3n) is 3.81. The zero-order valence-electron chi connectivity index (χ0n) is 10.5. The third kappa shape index (κ3) is 3.83. The van der Waals surface area contributed by atoms with Gasteiger partial charge in [0.25, 0.3) is 0 Å². The van der Waals surface area contributed by atoms with Crippen LogP contribution < -0.4 is 5.73 Å². The summed E-state index contributed by atoms with van der Waals surface area (Å²) in [5.41, 5.74) is 7.10. The Labute approximate surface area is 104 Å². The van der Waals surface area contributed by atoms with E-state index in [0.717, 1.165) is 19.1 Å². The molecule has 1 unspecified atom stereocenters. The maximum absolute atomic E-state index is 5.85. The van der Waals surface area contributed by atoms with Crippen molar-refractivity contribution in [1.82, 2.24) is 0 Å². The van der Waals surface area contributed by atoms with Crippen molar-refractivity contribution in [3.63, 3.8) is 0 Å². The van der Waals surface area contributed by atoms with Crippen LogP contribution in [0.2, 0.25) is 0 Å². The first-order valence-electron chi connectivity index (χ1n) is 6.72. The Morgan fingerprint density at radius 1 is 1.18 bits per heavy atom. The molecule has 1 aromatic carbocycles. The SMILES string of the molecule is NCC(COCc1ccccc1)C1CCCC1. The highest BCUT2D eigenvalue weighted by molar-refractivity contribution is 5.13. The lowest BCUT2D eigenvalue weighted by Gasteiger charge is -2.21. The van der Waals surface area contributed by atoms with Crippen LogP contribution in [0.3, 0.4) is 0 Å². The first-order chi connectivity index (χ1) is 8.40. The molecule has 0 amide bonds. The molecule has 1 saturated carbocycles. The molecule has 2 heteroatoms. The molecular formula is C15H23NO. The molecule has 0 spiro atoms. The lowest BCUT2D eigenvalue weighted by molar-refractivity contribution is 0.0695. The van der Waals surface area contributed by atoms with Crippen molar-refractivity contribution in [2.45, 2.75) is 32.3 Å². The van der Waals surface area contributed by atoms with Crippen LogP contribution >= 0.6 is 0 Å². The second kappa shape index (κ2) is 6.77. The smallest absolute Gasteiger partial charge is 0.0717 e. The number of hydrogen-bond acceptors (Lipinski definition) is 2. The molecule has 1 aliphatic carbocycles. The molecule has 2 rings (SSSR count). The standard InChI is InChI=1S/C15H23NO/c16-10-15(14-8-4-5-9-14)12-17-11-13-6-2-1-3-7-13/h1-3,6-7,14-15H,4-5,8-12,16H2. The Hall–Kier alpha value is -0.860. The summed E-state index contributed by atoms with van der Waals surface area (Å²) in [7, 11) is 0. The molecule has 1 fully saturated rings. The van der Waals surface area contributed by atoms with Crippen LogP contribution in [0.1, 0.15) is 31.2 Å². The number of ether oxygens (including phenoxy) is 1. The van der Waals surface area contributed by atoms with Gasteiger partial charge < -0.3 is 10.5 Å². The molecule has 94 valence electrons.